The monoisotopic (exact) mass is 537 g/mol. The van der Waals surface area contributed by atoms with Gasteiger partial charge in [-0.1, -0.05) is 24.3 Å². The van der Waals surface area contributed by atoms with Crippen molar-refractivity contribution in [2.75, 3.05) is 20.3 Å². The topological polar surface area (TPSA) is 78.1 Å². The number of halogens is 4. The molecule has 2 aromatic carbocycles. The highest BCUT2D eigenvalue weighted by atomic mass is 127. The van der Waals surface area contributed by atoms with E-state index in [-0.39, 0.29) is 54.0 Å². The van der Waals surface area contributed by atoms with Gasteiger partial charge in [-0.05, 0) is 23.8 Å². The van der Waals surface area contributed by atoms with E-state index in [1.54, 1.807) is 12.1 Å². The molecule has 164 valence electrons. The van der Waals surface area contributed by atoms with E-state index < -0.39 is 12.8 Å². The normalized spacial score (nSPS) is 16.0. The molecule has 1 heterocycles. The smallest absolute Gasteiger partial charge is 0.422 e. The summed E-state index contributed by atoms with van der Waals surface area (Å²) in [6.45, 7) is -0.567. The number of para-hydroxylation sites is 1. The summed E-state index contributed by atoms with van der Waals surface area (Å²) >= 11 is 0. The van der Waals surface area contributed by atoms with E-state index in [1.165, 1.54) is 13.2 Å². The fraction of sp³-hybridized carbons (Fsp3) is 0.350. The number of methoxy groups -OCH3 is 1. The molecule has 0 amide bonds. The molecule has 0 saturated heterocycles. The number of rotatable bonds is 6. The quantitative estimate of drug-likeness (QED) is 0.329. The second-order valence-corrected chi connectivity index (χ2v) is 6.46. The van der Waals surface area contributed by atoms with Gasteiger partial charge in [0, 0.05) is 12.0 Å². The number of ether oxygens (including phenoxy) is 3. The van der Waals surface area contributed by atoms with E-state index >= 15 is 0 Å². The first-order valence-electron chi connectivity index (χ1n) is 9.00. The Morgan fingerprint density at radius 1 is 1.23 bits per heavy atom. The van der Waals surface area contributed by atoms with Gasteiger partial charge in [0.15, 0.2) is 24.1 Å². The summed E-state index contributed by atoms with van der Waals surface area (Å²) in [6, 6.07) is 12.3. The highest BCUT2D eigenvalue weighted by molar-refractivity contribution is 14.0. The maximum Gasteiger partial charge on any atom is 0.422 e. The van der Waals surface area contributed by atoms with E-state index in [0.717, 1.165) is 23.3 Å². The van der Waals surface area contributed by atoms with Crippen LogP contribution in [0.4, 0.5) is 13.2 Å². The SMILES string of the molecule is COc1cc(CN=C(N)NC2CCOc3ccccc32)ccc1OCC(F)(F)F.I. The average molecular weight is 537 g/mol. The van der Waals surface area contributed by atoms with Crippen molar-refractivity contribution in [1.29, 1.82) is 0 Å². The first-order valence-corrected chi connectivity index (χ1v) is 9.00. The Morgan fingerprint density at radius 2 is 2.00 bits per heavy atom. The van der Waals surface area contributed by atoms with Crippen molar-refractivity contribution in [3.05, 3.63) is 53.6 Å². The lowest BCUT2D eigenvalue weighted by atomic mass is 10.0. The Labute approximate surface area is 189 Å². The molecule has 2 aromatic rings. The van der Waals surface area contributed by atoms with Gasteiger partial charge in [0.05, 0.1) is 26.3 Å². The fourth-order valence-corrected chi connectivity index (χ4v) is 2.98. The predicted octanol–water partition coefficient (Wildman–Crippen LogP) is 4.18. The third-order valence-electron chi connectivity index (χ3n) is 4.33. The summed E-state index contributed by atoms with van der Waals surface area (Å²) in [5.74, 6) is 1.31. The third-order valence-corrected chi connectivity index (χ3v) is 4.33. The molecule has 0 radical (unpaired) electrons. The largest absolute Gasteiger partial charge is 0.493 e. The summed E-state index contributed by atoms with van der Waals surface area (Å²) in [5.41, 5.74) is 7.76. The number of nitrogens with two attached hydrogens (primary N) is 1. The van der Waals surface area contributed by atoms with Crippen LogP contribution in [-0.2, 0) is 6.54 Å². The molecular weight excluding hydrogens is 514 g/mol. The van der Waals surface area contributed by atoms with Gasteiger partial charge in [-0.15, -0.1) is 24.0 Å². The van der Waals surface area contributed by atoms with Crippen LogP contribution < -0.4 is 25.3 Å². The van der Waals surface area contributed by atoms with Crippen LogP contribution in [0.2, 0.25) is 0 Å². The van der Waals surface area contributed by atoms with Gasteiger partial charge in [0.1, 0.15) is 5.75 Å². The summed E-state index contributed by atoms with van der Waals surface area (Å²) in [7, 11) is 1.36. The molecule has 0 spiro atoms. The average Bonchev–Trinajstić information content (AvgIpc) is 2.70. The van der Waals surface area contributed by atoms with Crippen LogP contribution in [0.15, 0.2) is 47.5 Å². The van der Waals surface area contributed by atoms with Crippen LogP contribution in [0, 0.1) is 0 Å². The van der Waals surface area contributed by atoms with Crippen LogP contribution in [0.5, 0.6) is 17.2 Å². The van der Waals surface area contributed by atoms with Gasteiger partial charge in [-0.25, -0.2) is 4.99 Å². The zero-order valence-electron chi connectivity index (χ0n) is 16.2. The number of benzene rings is 2. The number of fused-ring (bicyclic) bond motifs is 1. The molecular formula is C20H23F3IN3O3. The molecule has 0 saturated carbocycles. The number of guanidine groups is 1. The number of aliphatic imine (C=N–C) groups is 1. The molecule has 0 aromatic heterocycles. The standard InChI is InChI=1S/C20H22F3N3O3.HI/c1-27-18-10-13(6-7-17(18)29-12-20(21,22)23)11-25-19(24)26-15-8-9-28-16-5-3-2-4-14(15)16;/h2-7,10,15H,8-9,11-12H2,1H3,(H3,24,25,26);1H. The third kappa shape index (κ3) is 6.57. The summed E-state index contributed by atoms with van der Waals surface area (Å²) < 4.78 is 52.5. The highest BCUT2D eigenvalue weighted by Crippen LogP contribution is 2.32. The lowest BCUT2D eigenvalue weighted by Gasteiger charge is -2.26. The molecule has 3 N–H and O–H groups in total. The molecule has 0 fully saturated rings. The van der Waals surface area contributed by atoms with E-state index in [4.69, 9.17) is 19.9 Å². The molecule has 1 unspecified atom stereocenters. The van der Waals surface area contributed by atoms with E-state index in [1.807, 2.05) is 24.3 Å². The molecule has 1 aliphatic rings. The van der Waals surface area contributed by atoms with Gasteiger partial charge in [-0.3, -0.25) is 0 Å². The molecule has 0 aliphatic carbocycles. The van der Waals surface area contributed by atoms with Crippen molar-refractivity contribution in [2.24, 2.45) is 10.7 Å². The lowest BCUT2D eigenvalue weighted by molar-refractivity contribution is -0.153. The zero-order valence-corrected chi connectivity index (χ0v) is 18.6. The van der Waals surface area contributed by atoms with Crippen LogP contribution in [0.3, 0.4) is 0 Å². The zero-order chi connectivity index (χ0) is 20.9. The molecule has 1 atom stereocenters. The van der Waals surface area contributed by atoms with Gasteiger partial charge >= 0.3 is 6.18 Å². The fourth-order valence-electron chi connectivity index (χ4n) is 2.98. The minimum Gasteiger partial charge on any atom is -0.493 e. The number of hydrogen-bond donors (Lipinski definition) is 2. The number of nitrogens with one attached hydrogen (secondary N) is 1. The molecule has 10 heteroatoms. The van der Waals surface area contributed by atoms with Crippen molar-refractivity contribution in [3.8, 4) is 17.2 Å². The molecule has 1 aliphatic heterocycles. The number of alkyl halides is 3. The summed E-state index contributed by atoms with van der Waals surface area (Å²) in [5, 5.41) is 3.19. The highest BCUT2D eigenvalue weighted by Gasteiger charge is 2.29. The number of nitrogens with zero attached hydrogens (tertiary/aromatic N) is 1. The first-order chi connectivity index (χ1) is 13.9. The minimum atomic E-state index is -4.42. The van der Waals surface area contributed by atoms with Gasteiger partial charge in [0.2, 0.25) is 0 Å². The van der Waals surface area contributed by atoms with Crippen molar-refractivity contribution in [1.82, 2.24) is 5.32 Å². The van der Waals surface area contributed by atoms with Crippen LogP contribution >= 0.6 is 24.0 Å². The minimum absolute atomic E-state index is 0. The second kappa shape index (κ2) is 10.6. The van der Waals surface area contributed by atoms with Crippen LogP contribution in [-0.4, -0.2) is 32.5 Å². The van der Waals surface area contributed by atoms with Crippen molar-refractivity contribution in [3.63, 3.8) is 0 Å². The summed E-state index contributed by atoms with van der Waals surface area (Å²) in [4.78, 5) is 4.32. The van der Waals surface area contributed by atoms with Gasteiger partial charge in [-0.2, -0.15) is 13.2 Å². The molecule has 6 nitrogen and oxygen atoms in total. The Bertz CT molecular complexity index is 878. The predicted molar refractivity (Wildman–Crippen MR) is 118 cm³/mol. The van der Waals surface area contributed by atoms with Crippen molar-refractivity contribution in [2.45, 2.75) is 25.2 Å². The Morgan fingerprint density at radius 3 is 2.73 bits per heavy atom. The van der Waals surface area contributed by atoms with Crippen LogP contribution in [0.1, 0.15) is 23.6 Å². The molecule has 30 heavy (non-hydrogen) atoms. The van der Waals surface area contributed by atoms with Crippen LogP contribution in [0.25, 0.3) is 0 Å². The van der Waals surface area contributed by atoms with E-state index in [9.17, 15) is 13.2 Å². The Hall–Kier alpha value is -2.37. The maximum absolute atomic E-state index is 12.3. The second-order valence-electron chi connectivity index (χ2n) is 6.46. The Balaban J connectivity index is 0.00000320. The maximum atomic E-state index is 12.3. The van der Waals surface area contributed by atoms with E-state index in [0.29, 0.717) is 6.61 Å². The molecule has 3 rings (SSSR count). The van der Waals surface area contributed by atoms with Gasteiger partial charge < -0.3 is 25.3 Å². The summed E-state index contributed by atoms with van der Waals surface area (Å²) in [6.07, 6.45) is -3.66. The van der Waals surface area contributed by atoms with Crippen molar-refractivity contribution < 1.29 is 27.4 Å². The number of hydrogen-bond acceptors (Lipinski definition) is 4. The van der Waals surface area contributed by atoms with Crippen molar-refractivity contribution >= 4 is 29.9 Å². The first kappa shape index (κ1) is 23.9. The molecule has 0 bridgehead atoms. The lowest BCUT2D eigenvalue weighted by Crippen LogP contribution is -2.37. The Kier molecular flexibility index (Phi) is 8.44. The van der Waals surface area contributed by atoms with E-state index in [2.05, 4.69) is 10.3 Å². The van der Waals surface area contributed by atoms with Gasteiger partial charge in [0.25, 0.3) is 0 Å².